The topological polar surface area (TPSA) is 39.2 Å². The van der Waals surface area contributed by atoms with Gasteiger partial charge >= 0.3 is 5.97 Å². The van der Waals surface area contributed by atoms with Gasteiger partial charge in [-0.15, -0.1) is 0 Å². The summed E-state index contributed by atoms with van der Waals surface area (Å²) in [6.45, 7) is 0.110. The first-order valence-electron chi connectivity index (χ1n) is 5.20. The highest BCUT2D eigenvalue weighted by Gasteiger charge is 2.10. The zero-order valence-electron chi connectivity index (χ0n) is 9.27. The Kier molecular flexibility index (Phi) is 4.04. The van der Waals surface area contributed by atoms with Gasteiger partial charge in [0.2, 0.25) is 5.95 Å². The number of hydrogen-bond donors (Lipinski definition) is 0. The van der Waals surface area contributed by atoms with Crippen LogP contribution in [-0.2, 0) is 11.3 Å². The molecule has 18 heavy (non-hydrogen) atoms. The summed E-state index contributed by atoms with van der Waals surface area (Å²) in [5.41, 5.74) is 0.796. The Bertz CT molecular complexity index is 574. The first-order chi connectivity index (χ1) is 8.66. The number of carbonyl (C=O) groups excluding carboxylic acids is 1. The summed E-state index contributed by atoms with van der Waals surface area (Å²) in [6, 6.07) is 11.4. The molecular weight excluding hydrogens is 301 g/mol. The van der Waals surface area contributed by atoms with Crippen LogP contribution in [0, 0.1) is 5.95 Å². The molecule has 0 atom stereocenters. The van der Waals surface area contributed by atoms with Crippen LogP contribution in [0.3, 0.4) is 0 Å². The summed E-state index contributed by atoms with van der Waals surface area (Å²) in [7, 11) is 0. The second-order valence-corrected chi connectivity index (χ2v) is 4.37. The zero-order chi connectivity index (χ0) is 13.0. The van der Waals surface area contributed by atoms with Gasteiger partial charge in [-0.25, -0.2) is 9.78 Å². The van der Waals surface area contributed by atoms with Crippen LogP contribution in [0.1, 0.15) is 16.1 Å². The molecule has 0 amide bonds. The summed E-state index contributed by atoms with van der Waals surface area (Å²) in [4.78, 5) is 15.1. The van der Waals surface area contributed by atoms with Crippen LogP contribution in [0.15, 0.2) is 46.9 Å². The van der Waals surface area contributed by atoms with Crippen molar-refractivity contribution in [3.05, 3.63) is 64.1 Å². The molecule has 0 spiro atoms. The van der Waals surface area contributed by atoms with Gasteiger partial charge in [-0.05, 0) is 18.2 Å². The van der Waals surface area contributed by atoms with Gasteiger partial charge in [0, 0.05) is 10.0 Å². The third-order valence-electron chi connectivity index (χ3n) is 2.24. The Labute approximate surface area is 112 Å². The van der Waals surface area contributed by atoms with Crippen molar-refractivity contribution in [3.63, 3.8) is 0 Å². The molecule has 1 heterocycles. The number of ether oxygens (including phenoxy) is 1. The minimum Gasteiger partial charge on any atom is -0.456 e. The zero-order valence-corrected chi connectivity index (χ0v) is 10.9. The maximum atomic E-state index is 12.8. The van der Waals surface area contributed by atoms with Gasteiger partial charge in [-0.3, -0.25) is 0 Å². The molecular formula is C13H9BrFNO2. The van der Waals surface area contributed by atoms with E-state index in [-0.39, 0.29) is 12.3 Å². The number of halogens is 2. The van der Waals surface area contributed by atoms with Crippen LogP contribution in [0.25, 0.3) is 0 Å². The minimum absolute atomic E-state index is 0.0398. The van der Waals surface area contributed by atoms with Gasteiger partial charge in [-0.2, -0.15) is 4.39 Å². The molecule has 0 saturated carbocycles. The molecule has 0 unspecified atom stereocenters. The number of aromatic nitrogens is 1. The van der Waals surface area contributed by atoms with E-state index < -0.39 is 11.9 Å². The van der Waals surface area contributed by atoms with E-state index in [0.29, 0.717) is 0 Å². The molecule has 0 aliphatic heterocycles. The normalized spacial score (nSPS) is 10.1. The lowest BCUT2D eigenvalue weighted by Gasteiger charge is -2.06. The summed E-state index contributed by atoms with van der Waals surface area (Å²) in [6.07, 6.45) is 0. The third-order valence-corrected chi connectivity index (χ3v) is 3.01. The fourth-order valence-corrected chi connectivity index (χ4v) is 1.75. The van der Waals surface area contributed by atoms with E-state index in [9.17, 15) is 9.18 Å². The Hall–Kier alpha value is -1.75. The van der Waals surface area contributed by atoms with Gasteiger partial charge in [0.15, 0.2) is 5.69 Å². The largest absolute Gasteiger partial charge is 0.456 e. The van der Waals surface area contributed by atoms with E-state index in [1.54, 1.807) is 0 Å². The third kappa shape index (κ3) is 3.13. The fourth-order valence-electron chi connectivity index (χ4n) is 1.35. The molecule has 1 aromatic heterocycles. The highest BCUT2D eigenvalue weighted by atomic mass is 79.9. The monoisotopic (exact) mass is 309 g/mol. The van der Waals surface area contributed by atoms with Crippen molar-refractivity contribution in [1.82, 2.24) is 4.98 Å². The van der Waals surface area contributed by atoms with Crippen LogP contribution in [0.2, 0.25) is 0 Å². The second-order valence-electron chi connectivity index (χ2n) is 3.51. The molecule has 0 aliphatic carbocycles. The lowest BCUT2D eigenvalue weighted by molar-refractivity contribution is 0.0463. The summed E-state index contributed by atoms with van der Waals surface area (Å²) in [5.74, 6) is -1.35. The summed E-state index contributed by atoms with van der Waals surface area (Å²) >= 11 is 3.35. The Balaban J connectivity index is 2.03. The summed E-state index contributed by atoms with van der Waals surface area (Å²) in [5, 5.41) is 0. The van der Waals surface area contributed by atoms with Crippen LogP contribution in [0.5, 0.6) is 0 Å². The Morgan fingerprint density at radius 1 is 1.22 bits per heavy atom. The van der Waals surface area contributed by atoms with E-state index in [4.69, 9.17) is 4.74 Å². The number of carbonyl (C=O) groups is 1. The molecule has 1 aromatic carbocycles. The van der Waals surface area contributed by atoms with Crippen molar-refractivity contribution in [2.45, 2.75) is 6.61 Å². The first kappa shape index (κ1) is 12.7. The van der Waals surface area contributed by atoms with Crippen LogP contribution in [0.4, 0.5) is 4.39 Å². The number of rotatable bonds is 3. The van der Waals surface area contributed by atoms with Crippen molar-refractivity contribution < 1.29 is 13.9 Å². The number of esters is 1. The maximum Gasteiger partial charge on any atom is 0.357 e. The molecule has 0 N–H and O–H groups in total. The first-order valence-corrected chi connectivity index (χ1v) is 5.99. The predicted octanol–water partition coefficient (Wildman–Crippen LogP) is 3.34. The molecule has 3 nitrogen and oxygen atoms in total. The second kappa shape index (κ2) is 5.73. The van der Waals surface area contributed by atoms with Gasteiger partial charge in [0.1, 0.15) is 6.61 Å². The molecule has 2 aromatic rings. The minimum atomic E-state index is -0.703. The lowest BCUT2D eigenvalue weighted by Crippen LogP contribution is -2.08. The average Bonchev–Trinajstić information content (AvgIpc) is 2.37. The fraction of sp³-hybridized carbons (Fsp3) is 0.0769. The van der Waals surface area contributed by atoms with Crippen LogP contribution < -0.4 is 0 Å². The van der Waals surface area contributed by atoms with Gasteiger partial charge in [0.25, 0.3) is 0 Å². The smallest absolute Gasteiger partial charge is 0.357 e. The molecule has 0 fully saturated rings. The van der Waals surface area contributed by atoms with Crippen molar-refractivity contribution in [3.8, 4) is 0 Å². The molecule has 0 aliphatic rings. The maximum absolute atomic E-state index is 12.8. The standard InChI is InChI=1S/C13H9BrFNO2/c14-10-5-2-1-4-9(10)8-18-13(17)11-6-3-7-12(15)16-11/h1-7H,8H2. The van der Waals surface area contributed by atoms with E-state index in [1.807, 2.05) is 24.3 Å². The number of pyridine rings is 1. The molecule has 2 rings (SSSR count). The van der Waals surface area contributed by atoms with Crippen LogP contribution >= 0.6 is 15.9 Å². The van der Waals surface area contributed by atoms with Gasteiger partial charge in [0.05, 0.1) is 0 Å². The number of hydrogen-bond acceptors (Lipinski definition) is 3. The lowest BCUT2D eigenvalue weighted by atomic mass is 10.2. The van der Waals surface area contributed by atoms with Crippen molar-refractivity contribution in [2.75, 3.05) is 0 Å². The van der Waals surface area contributed by atoms with E-state index >= 15 is 0 Å². The quantitative estimate of drug-likeness (QED) is 0.645. The number of benzene rings is 1. The predicted molar refractivity (Wildman–Crippen MR) is 67.5 cm³/mol. The highest BCUT2D eigenvalue weighted by Crippen LogP contribution is 2.17. The van der Waals surface area contributed by atoms with E-state index in [0.717, 1.165) is 10.0 Å². The Morgan fingerprint density at radius 2 is 2.00 bits per heavy atom. The molecule has 0 bridgehead atoms. The van der Waals surface area contributed by atoms with Gasteiger partial charge in [-0.1, -0.05) is 40.2 Å². The van der Waals surface area contributed by atoms with Crippen molar-refractivity contribution in [2.24, 2.45) is 0 Å². The van der Waals surface area contributed by atoms with Crippen LogP contribution in [-0.4, -0.2) is 11.0 Å². The van der Waals surface area contributed by atoms with Crippen molar-refractivity contribution in [1.29, 1.82) is 0 Å². The average molecular weight is 310 g/mol. The number of nitrogens with zero attached hydrogens (tertiary/aromatic N) is 1. The highest BCUT2D eigenvalue weighted by molar-refractivity contribution is 9.10. The van der Waals surface area contributed by atoms with E-state index in [1.165, 1.54) is 18.2 Å². The SMILES string of the molecule is O=C(OCc1ccccc1Br)c1cccc(F)n1. The summed E-state index contributed by atoms with van der Waals surface area (Å²) < 4.78 is 18.7. The van der Waals surface area contributed by atoms with Crippen molar-refractivity contribution >= 4 is 21.9 Å². The molecule has 0 saturated heterocycles. The van der Waals surface area contributed by atoms with Gasteiger partial charge < -0.3 is 4.74 Å². The van der Waals surface area contributed by atoms with E-state index in [2.05, 4.69) is 20.9 Å². The molecule has 92 valence electrons. The molecule has 0 radical (unpaired) electrons. The molecule has 5 heteroatoms. The Morgan fingerprint density at radius 3 is 2.72 bits per heavy atom.